The maximum atomic E-state index is 13.0. The highest BCUT2D eigenvalue weighted by atomic mass is 32.2. The summed E-state index contributed by atoms with van der Waals surface area (Å²) < 4.78 is 13.0. The van der Waals surface area contributed by atoms with Gasteiger partial charge in [0.1, 0.15) is 6.17 Å². The fourth-order valence-electron chi connectivity index (χ4n) is 1.55. The highest BCUT2D eigenvalue weighted by molar-refractivity contribution is 7.98. The molecular formula is C11H14FNS. The molecule has 1 nitrogen and oxygen atoms in total. The van der Waals surface area contributed by atoms with E-state index in [0.717, 1.165) is 12.1 Å². The molecule has 1 aliphatic carbocycles. The average molecular weight is 211 g/mol. The van der Waals surface area contributed by atoms with Gasteiger partial charge in [0.15, 0.2) is 0 Å². The van der Waals surface area contributed by atoms with Gasteiger partial charge in [0.05, 0.1) is 6.04 Å². The van der Waals surface area contributed by atoms with Gasteiger partial charge < -0.3 is 5.32 Å². The van der Waals surface area contributed by atoms with Gasteiger partial charge in [-0.1, -0.05) is 6.07 Å². The molecule has 1 saturated carbocycles. The molecule has 0 bridgehead atoms. The number of alkyl halides is 1. The van der Waals surface area contributed by atoms with Gasteiger partial charge in [-0.05, 0) is 37.3 Å². The highest BCUT2D eigenvalue weighted by Gasteiger charge is 2.30. The molecule has 2 unspecified atom stereocenters. The number of thioether (sulfide) groups is 1. The van der Waals surface area contributed by atoms with E-state index >= 15 is 0 Å². The van der Waals surface area contributed by atoms with Crippen LogP contribution in [-0.2, 0) is 0 Å². The Balaban J connectivity index is 2.01. The molecule has 1 aromatic rings. The molecular weight excluding hydrogens is 197 g/mol. The molecule has 0 heterocycles. The summed E-state index contributed by atoms with van der Waals surface area (Å²) in [5.41, 5.74) is 1.03. The van der Waals surface area contributed by atoms with E-state index in [2.05, 4.69) is 17.4 Å². The van der Waals surface area contributed by atoms with E-state index in [0.29, 0.717) is 6.42 Å². The number of rotatable bonds is 3. The third kappa shape index (κ3) is 2.03. The summed E-state index contributed by atoms with van der Waals surface area (Å²) in [5, 5.41) is 3.21. The first kappa shape index (κ1) is 9.84. The molecule has 0 aliphatic heterocycles. The monoisotopic (exact) mass is 211 g/mol. The second kappa shape index (κ2) is 4.22. The van der Waals surface area contributed by atoms with Crippen LogP contribution in [0.4, 0.5) is 10.1 Å². The van der Waals surface area contributed by atoms with Crippen LogP contribution in [0.3, 0.4) is 0 Å². The largest absolute Gasteiger partial charge is 0.379 e. The van der Waals surface area contributed by atoms with Crippen LogP contribution in [0.5, 0.6) is 0 Å². The first-order chi connectivity index (χ1) is 6.79. The lowest BCUT2D eigenvalue weighted by molar-refractivity contribution is 0.186. The number of hydrogen-bond acceptors (Lipinski definition) is 2. The predicted molar refractivity (Wildman–Crippen MR) is 59.8 cm³/mol. The quantitative estimate of drug-likeness (QED) is 0.770. The van der Waals surface area contributed by atoms with Crippen molar-refractivity contribution >= 4 is 17.4 Å². The molecule has 0 spiro atoms. The van der Waals surface area contributed by atoms with Crippen LogP contribution in [-0.4, -0.2) is 18.5 Å². The van der Waals surface area contributed by atoms with Crippen LogP contribution in [0.1, 0.15) is 12.8 Å². The molecule has 0 radical (unpaired) electrons. The fourth-order valence-corrected chi connectivity index (χ4v) is 2.01. The molecule has 3 heteroatoms. The van der Waals surface area contributed by atoms with Gasteiger partial charge in [-0.3, -0.25) is 0 Å². The maximum absolute atomic E-state index is 13.0. The van der Waals surface area contributed by atoms with Crippen molar-refractivity contribution in [3.8, 4) is 0 Å². The zero-order chi connectivity index (χ0) is 9.97. The molecule has 2 atom stereocenters. The zero-order valence-corrected chi connectivity index (χ0v) is 8.98. The summed E-state index contributed by atoms with van der Waals surface area (Å²) >= 11 is 1.70. The smallest absolute Gasteiger partial charge is 0.120 e. The predicted octanol–water partition coefficient (Wildman–Crippen LogP) is 3.32. The molecule has 2 rings (SSSR count). The highest BCUT2D eigenvalue weighted by Crippen LogP contribution is 2.28. The molecule has 1 fully saturated rings. The van der Waals surface area contributed by atoms with Crippen molar-refractivity contribution in [2.45, 2.75) is 30.0 Å². The summed E-state index contributed by atoms with van der Waals surface area (Å²) in [7, 11) is 0. The first-order valence-electron chi connectivity index (χ1n) is 4.84. The van der Waals surface area contributed by atoms with Crippen LogP contribution in [0.2, 0.25) is 0 Å². The van der Waals surface area contributed by atoms with Crippen molar-refractivity contribution < 1.29 is 4.39 Å². The molecule has 0 saturated heterocycles. The second-order valence-corrected chi connectivity index (χ2v) is 4.46. The van der Waals surface area contributed by atoms with E-state index in [1.807, 2.05) is 18.4 Å². The summed E-state index contributed by atoms with van der Waals surface area (Å²) in [6, 6.07) is 8.15. The topological polar surface area (TPSA) is 12.0 Å². The van der Waals surface area contributed by atoms with Gasteiger partial charge in [0.2, 0.25) is 0 Å². The Hall–Kier alpha value is -0.700. The van der Waals surface area contributed by atoms with E-state index < -0.39 is 6.17 Å². The summed E-state index contributed by atoms with van der Waals surface area (Å²) in [5.74, 6) is 0. The van der Waals surface area contributed by atoms with E-state index in [1.165, 1.54) is 4.90 Å². The normalized spacial score (nSPS) is 25.6. The number of halogens is 1. The van der Waals surface area contributed by atoms with Gasteiger partial charge in [0.25, 0.3) is 0 Å². The minimum absolute atomic E-state index is 0.0344. The standard InChI is InChI=1S/C11H14FNS/c1-14-9-4-2-3-8(7-9)13-11-6-5-10(11)12/h2-4,7,10-11,13H,5-6H2,1H3. The third-order valence-corrected chi connectivity index (χ3v) is 3.34. The second-order valence-electron chi connectivity index (χ2n) is 3.58. The van der Waals surface area contributed by atoms with Crippen LogP contribution in [0.25, 0.3) is 0 Å². The van der Waals surface area contributed by atoms with Crippen molar-refractivity contribution in [1.82, 2.24) is 0 Å². The van der Waals surface area contributed by atoms with Crippen LogP contribution < -0.4 is 5.32 Å². The Bertz CT molecular complexity index is 316. The zero-order valence-electron chi connectivity index (χ0n) is 8.16. The van der Waals surface area contributed by atoms with E-state index in [9.17, 15) is 4.39 Å². The Morgan fingerprint density at radius 2 is 2.29 bits per heavy atom. The van der Waals surface area contributed by atoms with Crippen molar-refractivity contribution in [2.75, 3.05) is 11.6 Å². The van der Waals surface area contributed by atoms with E-state index in [4.69, 9.17) is 0 Å². The van der Waals surface area contributed by atoms with Gasteiger partial charge in [-0.2, -0.15) is 0 Å². The number of hydrogen-bond donors (Lipinski definition) is 1. The van der Waals surface area contributed by atoms with E-state index in [-0.39, 0.29) is 6.04 Å². The molecule has 0 aromatic heterocycles. The maximum Gasteiger partial charge on any atom is 0.120 e. The molecule has 0 amide bonds. The van der Waals surface area contributed by atoms with Crippen LogP contribution in [0, 0.1) is 0 Å². The van der Waals surface area contributed by atoms with Crippen molar-refractivity contribution in [3.05, 3.63) is 24.3 Å². The lowest BCUT2D eigenvalue weighted by Crippen LogP contribution is -2.39. The Morgan fingerprint density at radius 1 is 1.43 bits per heavy atom. The Labute approximate surface area is 88.1 Å². The molecule has 14 heavy (non-hydrogen) atoms. The molecule has 1 aromatic carbocycles. The Morgan fingerprint density at radius 3 is 2.86 bits per heavy atom. The van der Waals surface area contributed by atoms with Gasteiger partial charge in [-0.25, -0.2) is 4.39 Å². The van der Waals surface area contributed by atoms with E-state index in [1.54, 1.807) is 11.8 Å². The first-order valence-corrected chi connectivity index (χ1v) is 6.07. The van der Waals surface area contributed by atoms with Crippen molar-refractivity contribution in [3.63, 3.8) is 0 Å². The molecule has 76 valence electrons. The minimum Gasteiger partial charge on any atom is -0.379 e. The Kier molecular flexibility index (Phi) is 2.96. The summed E-state index contributed by atoms with van der Waals surface area (Å²) in [6.45, 7) is 0. The average Bonchev–Trinajstić information content (AvgIpc) is 2.24. The van der Waals surface area contributed by atoms with Crippen molar-refractivity contribution in [2.24, 2.45) is 0 Å². The lowest BCUT2D eigenvalue weighted by atomic mass is 9.90. The van der Waals surface area contributed by atoms with Crippen molar-refractivity contribution in [1.29, 1.82) is 0 Å². The minimum atomic E-state index is -0.659. The SMILES string of the molecule is CSc1cccc(NC2CCC2F)c1. The van der Waals surface area contributed by atoms with Crippen LogP contribution in [0.15, 0.2) is 29.2 Å². The van der Waals surface area contributed by atoms with Gasteiger partial charge >= 0.3 is 0 Å². The number of anilines is 1. The molecule has 1 aliphatic rings. The van der Waals surface area contributed by atoms with Gasteiger partial charge in [-0.15, -0.1) is 11.8 Å². The van der Waals surface area contributed by atoms with Crippen LogP contribution >= 0.6 is 11.8 Å². The number of nitrogens with one attached hydrogen (secondary N) is 1. The summed E-state index contributed by atoms with van der Waals surface area (Å²) in [6.07, 6.45) is 3.04. The molecule has 1 N–H and O–H groups in total. The summed E-state index contributed by atoms with van der Waals surface area (Å²) in [4.78, 5) is 1.21. The fraction of sp³-hybridized carbons (Fsp3) is 0.455. The number of benzene rings is 1. The lowest BCUT2D eigenvalue weighted by Gasteiger charge is -2.32. The van der Waals surface area contributed by atoms with Gasteiger partial charge in [0, 0.05) is 10.6 Å². The third-order valence-electron chi connectivity index (χ3n) is 2.61.